The molecule has 0 aliphatic heterocycles. The molecule has 0 bridgehead atoms. The van der Waals surface area contributed by atoms with E-state index in [2.05, 4.69) is 45.7 Å². The van der Waals surface area contributed by atoms with Gasteiger partial charge in [-0.05, 0) is 86.8 Å². The quantitative estimate of drug-likeness (QED) is 0.0218. The fourth-order valence-electron chi connectivity index (χ4n) is 9.24. The Morgan fingerprint density at radius 2 is 0.757 bits per heavy atom. The number of carboxylic acids is 2. The summed E-state index contributed by atoms with van der Waals surface area (Å²) in [6.45, 7) is 6.32. The van der Waals surface area contributed by atoms with Crippen LogP contribution >= 0.6 is 0 Å². The number of aliphatic hydroxyl groups excluding tert-OH is 2. The molecular formula is C58H102N8O8. The number of aliphatic hydroxyl groups is 2. The SMILES string of the molecule is CCCCCC(NCNc1ccc(CC(N)C(=O)O)cc1)C(O)CCCCCCCCCCC(=O)NCCNC(=O)CCCCCCCCCCC(O)C(CCCCC)NCNc1ccc(CC(N)C(=O)O)cc1. The van der Waals surface area contributed by atoms with Crippen LogP contribution in [0, 0.1) is 0 Å². The van der Waals surface area contributed by atoms with Crippen LogP contribution < -0.4 is 43.4 Å². The molecule has 0 spiro atoms. The molecule has 16 heteroatoms. The van der Waals surface area contributed by atoms with Gasteiger partial charge in [0.1, 0.15) is 12.1 Å². The minimum Gasteiger partial charge on any atom is -0.480 e. The molecule has 16 nitrogen and oxygen atoms in total. The van der Waals surface area contributed by atoms with Gasteiger partial charge in [-0.3, -0.25) is 29.8 Å². The summed E-state index contributed by atoms with van der Waals surface area (Å²) in [6.07, 6.45) is 28.0. The molecule has 2 rings (SSSR count). The zero-order valence-corrected chi connectivity index (χ0v) is 45.7. The Hall–Kier alpha value is -4.32. The summed E-state index contributed by atoms with van der Waals surface area (Å²) < 4.78 is 0. The number of hydrogen-bond donors (Lipinski definition) is 12. The number of anilines is 2. The second-order valence-corrected chi connectivity index (χ2v) is 20.6. The van der Waals surface area contributed by atoms with Crippen LogP contribution in [0.25, 0.3) is 0 Å². The lowest BCUT2D eigenvalue weighted by atomic mass is 9.98. The van der Waals surface area contributed by atoms with Crippen LogP contribution in [0.3, 0.4) is 0 Å². The lowest BCUT2D eigenvalue weighted by molar-refractivity contribution is -0.139. The normalized spacial score (nSPS) is 13.9. The summed E-state index contributed by atoms with van der Waals surface area (Å²) in [6, 6.07) is 13.4. The van der Waals surface area contributed by atoms with Crippen LogP contribution in [-0.2, 0) is 32.0 Å². The smallest absolute Gasteiger partial charge is 0.320 e. The third-order valence-corrected chi connectivity index (χ3v) is 14.0. The van der Waals surface area contributed by atoms with Gasteiger partial charge in [0.2, 0.25) is 11.8 Å². The highest BCUT2D eigenvalue weighted by atomic mass is 16.4. The van der Waals surface area contributed by atoms with E-state index in [0.717, 1.165) is 189 Å². The number of carboxylic acid groups (broad SMARTS) is 2. The zero-order chi connectivity index (χ0) is 54.0. The maximum atomic E-state index is 12.3. The number of rotatable bonds is 49. The molecule has 0 saturated carbocycles. The zero-order valence-electron chi connectivity index (χ0n) is 45.7. The van der Waals surface area contributed by atoms with E-state index >= 15 is 0 Å². The fourth-order valence-corrected chi connectivity index (χ4v) is 9.24. The van der Waals surface area contributed by atoms with Crippen molar-refractivity contribution in [2.45, 2.75) is 243 Å². The highest BCUT2D eigenvalue weighted by Crippen LogP contribution is 2.19. The van der Waals surface area contributed by atoms with Gasteiger partial charge in [0.05, 0.1) is 25.5 Å². The number of nitrogens with one attached hydrogen (secondary N) is 6. The molecule has 14 N–H and O–H groups in total. The molecule has 0 aromatic heterocycles. The molecule has 422 valence electrons. The number of aliphatic carboxylic acids is 2. The van der Waals surface area contributed by atoms with Crippen molar-refractivity contribution < 1.29 is 39.6 Å². The van der Waals surface area contributed by atoms with Crippen molar-refractivity contribution in [2.24, 2.45) is 11.5 Å². The third kappa shape index (κ3) is 33.6. The van der Waals surface area contributed by atoms with Crippen LogP contribution in [0.15, 0.2) is 48.5 Å². The second kappa shape index (κ2) is 42.9. The van der Waals surface area contributed by atoms with E-state index in [-0.39, 0.29) is 36.7 Å². The Kier molecular flexibility index (Phi) is 38.1. The molecule has 2 aromatic rings. The minimum absolute atomic E-state index is 0.0203. The van der Waals surface area contributed by atoms with Crippen molar-refractivity contribution >= 4 is 35.1 Å². The van der Waals surface area contributed by atoms with E-state index in [1.165, 1.54) is 0 Å². The molecular weight excluding hydrogens is 937 g/mol. The first-order chi connectivity index (χ1) is 35.8. The largest absolute Gasteiger partial charge is 0.480 e. The lowest BCUT2D eigenvalue weighted by Crippen LogP contribution is -2.42. The Balaban J connectivity index is 1.42. The van der Waals surface area contributed by atoms with Crippen LogP contribution in [0.5, 0.6) is 0 Å². The van der Waals surface area contributed by atoms with E-state index < -0.39 is 36.2 Å². The first-order valence-corrected chi connectivity index (χ1v) is 28.8. The number of unbranched alkanes of at least 4 members (excludes halogenated alkanes) is 18. The highest BCUT2D eigenvalue weighted by Gasteiger charge is 2.20. The van der Waals surface area contributed by atoms with Crippen LogP contribution in [0.1, 0.15) is 205 Å². The van der Waals surface area contributed by atoms with Crippen LogP contribution in [-0.4, -0.2) is 107 Å². The molecule has 0 aliphatic rings. The van der Waals surface area contributed by atoms with E-state index in [1.807, 2.05) is 48.5 Å². The van der Waals surface area contributed by atoms with Crippen molar-refractivity contribution in [3.8, 4) is 0 Å². The first-order valence-electron chi connectivity index (χ1n) is 28.8. The van der Waals surface area contributed by atoms with E-state index in [0.29, 0.717) is 39.3 Å². The first kappa shape index (κ1) is 65.8. The van der Waals surface area contributed by atoms with Gasteiger partial charge >= 0.3 is 11.9 Å². The molecule has 0 radical (unpaired) electrons. The number of amides is 2. The third-order valence-electron chi connectivity index (χ3n) is 14.0. The molecule has 6 unspecified atom stereocenters. The lowest BCUT2D eigenvalue weighted by Gasteiger charge is -2.25. The number of hydrogen-bond acceptors (Lipinski definition) is 12. The summed E-state index contributed by atoms with van der Waals surface area (Å²) >= 11 is 0. The molecule has 74 heavy (non-hydrogen) atoms. The summed E-state index contributed by atoms with van der Waals surface area (Å²) in [4.78, 5) is 46.7. The summed E-state index contributed by atoms with van der Waals surface area (Å²) in [5.74, 6) is -1.94. The molecule has 0 aliphatic carbocycles. The maximum absolute atomic E-state index is 12.3. The number of carbonyl (C=O) groups excluding carboxylic acids is 2. The highest BCUT2D eigenvalue weighted by molar-refractivity contribution is 5.77. The Bertz CT molecular complexity index is 1610. The molecule has 2 amide bonds. The standard InChI is InChI=1S/C58H102N8O8/c1-3-5-19-25-51(65-43-63-47-35-31-45(32-36-47)41-49(59)57(71)72)53(67)27-21-15-11-7-9-13-17-23-29-55(69)61-39-40-62-56(70)30-24-18-14-10-8-12-16-22-28-54(68)52(26-20-6-4-2)66-44-64-48-37-33-46(34-38-48)42-50(60)58(73)74/h31-38,49-54,63-68H,3-30,39-44,59-60H2,1-2H3,(H,61,69)(H,62,70)(H,71,72)(H,73,74). The second-order valence-electron chi connectivity index (χ2n) is 20.6. The molecule has 0 heterocycles. The molecule has 0 fully saturated rings. The molecule has 0 saturated heterocycles. The Morgan fingerprint density at radius 1 is 0.446 bits per heavy atom. The van der Waals surface area contributed by atoms with Crippen molar-refractivity contribution in [2.75, 3.05) is 37.1 Å². The van der Waals surface area contributed by atoms with Gasteiger partial charge in [0.25, 0.3) is 0 Å². The monoisotopic (exact) mass is 1040 g/mol. The van der Waals surface area contributed by atoms with E-state index in [1.54, 1.807) is 0 Å². The summed E-state index contributed by atoms with van der Waals surface area (Å²) in [5, 5.41) is 59.8. The van der Waals surface area contributed by atoms with Crippen LogP contribution in [0.2, 0.25) is 0 Å². The predicted molar refractivity (Wildman–Crippen MR) is 301 cm³/mol. The van der Waals surface area contributed by atoms with Gasteiger partial charge in [0.15, 0.2) is 0 Å². The summed E-state index contributed by atoms with van der Waals surface area (Å²) in [7, 11) is 0. The van der Waals surface area contributed by atoms with Crippen molar-refractivity contribution in [3.63, 3.8) is 0 Å². The van der Waals surface area contributed by atoms with E-state index in [4.69, 9.17) is 21.7 Å². The maximum Gasteiger partial charge on any atom is 0.320 e. The Morgan fingerprint density at radius 3 is 1.08 bits per heavy atom. The molecule has 2 aromatic carbocycles. The number of nitrogens with two attached hydrogens (primary N) is 2. The molecule has 6 atom stereocenters. The predicted octanol–water partition coefficient (Wildman–Crippen LogP) is 8.87. The van der Waals surface area contributed by atoms with Gasteiger partial charge in [0, 0.05) is 49.4 Å². The van der Waals surface area contributed by atoms with Gasteiger partial charge in [-0.25, -0.2) is 0 Å². The van der Waals surface area contributed by atoms with Gasteiger partial charge in [-0.1, -0.05) is 167 Å². The number of benzene rings is 2. The van der Waals surface area contributed by atoms with Gasteiger partial charge in [-0.2, -0.15) is 0 Å². The minimum atomic E-state index is -1.01. The van der Waals surface area contributed by atoms with Crippen LogP contribution in [0.4, 0.5) is 11.4 Å². The van der Waals surface area contributed by atoms with E-state index in [9.17, 15) is 29.4 Å². The number of carbonyl (C=O) groups is 4. The van der Waals surface area contributed by atoms with Crippen molar-refractivity contribution in [3.05, 3.63) is 59.7 Å². The Labute approximate surface area is 445 Å². The topological polar surface area (TPSA) is 273 Å². The van der Waals surface area contributed by atoms with Crippen molar-refractivity contribution in [1.29, 1.82) is 0 Å². The average molecular weight is 1040 g/mol. The van der Waals surface area contributed by atoms with Crippen molar-refractivity contribution in [1.82, 2.24) is 21.3 Å². The average Bonchev–Trinajstić information content (AvgIpc) is 3.38. The fraction of sp³-hybridized carbons (Fsp3) is 0.724. The van der Waals surface area contributed by atoms with Gasteiger partial charge in [-0.15, -0.1) is 0 Å². The summed E-state index contributed by atoms with van der Waals surface area (Å²) in [5.41, 5.74) is 14.9. The van der Waals surface area contributed by atoms with Gasteiger partial charge < -0.3 is 53.2 Å².